The molecule has 0 radical (unpaired) electrons. The second-order valence-corrected chi connectivity index (χ2v) is 1.88. The molecule has 0 fully saturated rings. The van der Waals surface area contributed by atoms with Crippen molar-refractivity contribution in [2.75, 3.05) is 12.0 Å². The standard InChI is InChI=1S/C7H11N3/c1-3-7-5-6-9-10(7)8-4-2/h3,5-6,8H,1,4H2,2H3. The number of rotatable bonds is 3. The Kier molecular flexibility index (Phi) is 2.10. The average molecular weight is 137 g/mol. The zero-order valence-electron chi connectivity index (χ0n) is 6.04. The summed E-state index contributed by atoms with van der Waals surface area (Å²) < 4.78 is 0. The van der Waals surface area contributed by atoms with Gasteiger partial charge in [0.05, 0.1) is 11.9 Å². The van der Waals surface area contributed by atoms with Gasteiger partial charge in [-0.15, -0.1) is 0 Å². The number of hydrogen-bond acceptors (Lipinski definition) is 2. The van der Waals surface area contributed by atoms with Gasteiger partial charge in [-0.3, -0.25) is 0 Å². The van der Waals surface area contributed by atoms with Gasteiger partial charge in [0.25, 0.3) is 0 Å². The lowest BCUT2D eigenvalue weighted by atomic mass is 10.4. The van der Waals surface area contributed by atoms with Crippen molar-refractivity contribution >= 4 is 6.08 Å². The topological polar surface area (TPSA) is 29.9 Å². The third-order valence-corrected chi connectivity index (χ3v) is 1.19. The molecule has 0 spiro atoms. The van der Waals surface area contributed by atoms with Crippen LogP contribution in [0, 0.1) is 0 Å². The van der Waals surface area contributed by atoms with Crippen LogP contribution in [0.15, 0.2) is 18.8 Å². The monoisotopic (exact) mass is 137 g/mol. The van der Waals surface area contributed by atoms with E-state index in [1.54, 1.807) is 17.1 Å². The van der Waals surface area contributed by atoms with Crippen LogP contribution in [0.2, 0.25) is 0 Å². The van der Waals surface area contributed by atoms with E-state index < -0.39 is 0 Å². The van der Waals surface area contributed by atoms with Crippen LogP contribution in [0.1, 0.15) is 12.6 Å². The first-order valence-corrected chi connectivity index (χ1v) is 3.29. The molecule has 1 N–H and O–H groups in total. The minimum absolute atomic E-state index is 0.864. The lowest BCUT2D eigenvalue weighted by Crippen LogP contribution is -2.16. The Labute approximate surface area is 60.3 Å². The summed E-state index contributed by atoms with van der Waals surface area (Å²) in [5, 5.41) is 4.01. The van der Waals surface area contributed by atoms with E-state index in [4.69, 9.17) is 0 Å². The molecule has 0 bridgehead atoms. The van der Waals surface area contributed by atoms with Crippen LogP contribution in [-0.2, 0) is 0 Å². The van der Waals surface area contributed by atoms with E-state index in [9.17, 15) is 0 Å². The summed E-state index contributed by atoms with van der Waals surface area (Å²) in [6.45, 7) is 6.53. The third kappa shape index (κ3) is 1.18. The van der Waals surface area contributed by atoms with E-state index in [1.807, 2.05) is 13.0 Å². The molecular weight excluding hydrogens is 126 g/mol. The van der Waals surface area contributed by atoms with E-state index in [-0.39, 0.29) is 0 Å². The third-order valence-electron chi connectivity index (χ3n) is 1.19. The van der Waals surface area contributed by atoms with Crippen LogP contribution in [0.5, 0.6) is 0 Å². The smallest absolute Gasteiger partial charge is 0.0840 e. The maximum Gasteiger partial charge on any atom is 0.0840 e. The lowest BCUT2D eigenvalue weighted by molar-refractivity contribution is 0.740. The van der Waals surface area contributed by atoms with Crippen molar-refractivity contribution in [1.29, 1.82) is 0 Å². The van der Waals surface area contributed by atoms with Crippen molar-refractivity contribution in [3.05, 3.63) is 24.5 Å². The largest absolute Gasteiger partial charge is 0.310 e. The fourth-order valence-electron chi connectivity index (χ4n) is 0.750. The molecule has 0 saturated carbocycles. The summed E-state index contributed by atoms with van der Waals surface area (Å²) in [6.07, 6.45) is 3.50. The molecule has 3 heteroatoms. The highest BCUT2D eigenvalue weighted by atomic mass is 15.6. The molecule has 0 aliphatic rings. The number of hydrogen-bond donors (Lipinski definition) is 1. The van der Waals surface area contributed by atoms with Crippen LogP contribution >= 0.6 is 0 Å². The zero-order chi connectivity index (χ0) is 7.40. The van der Waals surface area contributed by atoms with Gasteiger partial charge in [0.2, 0.25) is 0 Å². The summed E-state index contributed by atoms with van der Waals surface area (Å²) >= 11 is 0. The van der Waals surface area contributed by atoms with Gasteiger partial charge in [-0.05, 0) is 19.1 Å². The number of aromatic nitrogens is 2. The molecule has 0 saturated heterocycles. The Morgan fingerprint density at radius 2 is 2.70 bits per heavy atom. The normalized spacial score (nSPS) is 9.30. The zero-order valence-corrected chi connectivity index (χ0v) is 6.04. The van der Waals surface area contributed by atoms with E-state index in [1.165, 1.54) is 0 Å². The molecule has 1 aromatic rings. The Bertz CT molecular complexity index is 214. The minimum atomic E-state index is 0.864. The van der Waals surface area contributed by atoms with Crippen LogP contribution < -0.4 is 5.43 Å². The molecule has 0 atom stereocenters. The Hall–Kier alpha value is -1.25. The van der Waals surface area contributed by atoms with Gasteiger partial charge >= 0.3 is 0 Å². The first-order chi connectivity index (χ1) is 4.88. The second kappa shape index (κ2) is 3.06. The van der Waals surface area contributed by atoms with Crippen LogP contribution in [0.3, 0.4) is 0 Å². The SMILES string of the molecule is C=Cc1ccnn1NCC. The summed E-state index contributed by atoms with van der Waals surface area (Å²) in [4.78, 5) is 1.70. The summed E-state index contributed by atoms with van der Waals surface area (Å²) in [6, 6.07) is 1.90. The Morgan fingerprint density at radius 1 is 1.90 bits per heavy atom. The predicted octanol–water partition coefficient (Wildman–Crippen LogP) is 1.09. The summed E-state index contributed by atoms with van der Waals surface area (Å²) in [5.41, 5.74) is 4.03. The summed E-state index contributed by atoms with van der Waals surface area (Å²) in [7, 11) is 0. The van der Waals surface area contributed by atoms with Gasteiger partial charge in [-0.25, -0.2) is 0 Å². The fraction of sp³-hybridized carbons (Fsp3) is 0.286. The molecule has 0 unspecified atom stereocenters. The molecule has 3 nitrogen and oxygen atoms in total. The average Bonchev–Trinajstić information content (AvgIpc) is 2.36. The fourth-order valence-corrected chi connectivity index (χ4v) is 0.750. The molecule has 10 heavy (non-hydrogen) atoms. The van der Waals surface area contributed by atoms with Gasteiger partial charge in [-0.2, -0.15) is 9.89 Å². The highest BCUT2D eigenvalue weighted by Gasteiger charge is 1.92. The molecule has 1 heterocycles. The molecule has 0 amide bonds. The van der Waals surface area contributed by atoms with Crippen LogP contribution in [-0.4, -0.2) is 16.4 Å². The van der Waals surface area contributed by atoms with Crippen molar-refractivity contribution in [3.63, 3.8) is 0 Å². The molecule has 0 aliphatic heterocycles. The maximum atomic E-state index is 4.01. The Morgan fingerprint density at radius 3 is 3.30 bits per heavy atom. The number of nitrogens with one attached hydrogen (secondary N) is 1. The van der Waals surface area contributed by atoms with Gasteiger partial charge in [0.15, 0.2) is 0 Å². The maximum absolute atomic E-state index is 4.01. The first kappa shape index (κ1) is 6.86. The van der Waals surface area contributed by atoms with Crippen molar-refractivity contribution < 1.29 is 0 Å². The van der Waals surface area contributed by atoms with Gasteiger partial charge in [0, 0.05) is 6.54 Å². The predicted molar refractivity (Wildman–Crippen MR) is 42.2 cm³/mol. The molecule has 0 aliphatic carbocycles. The van der Waals surface area contributed by atoms with Crippen molar-refractivity contribution in [1.82, 2.24) is 9.89 Å². The van der Waals surface area contributed by atoms with E-state index >= 15 is 0 Å². The van der Waals surface area contributed by atoms with Crippen molar-refractivity contribution in [2.24, 2.45) is 0 Å². The molecule has 1 rings (SSSR count). The Balaban J connectivity index is 2.79. The van der Waals surface area contributed by atoms with Gasteiger partial charge in [-0.1, -0.05) is 6.58 Å². The van der Waals surface area contributed by atoms with Gasteiger partial charge < -0.3 is 5.43 Å². The molecular formula is C7H11N3. The molecule has 54 valence electrons. The lowest BCUT2D eigenvalue weighted by Gasteiger charge is -2.03. The molecule has 1 aromatic heterocycles. The molecule has 0 aromatic carbocycles. The first-order valence-electron chi connectivity index (χ1n) is 3.29. The van der Waals surface area contributed by atoms with Gasteiger partial charge in [0.1, 0.15) is 0 Å². The van der Waals surface area contributed by atoms with Crippen molar-refractivity contribution in [2.45, 2.75) is 6.92 Å². The van der Waals surface area contributed by atoms with E-state index in [0.717, 1.165) is 12.2 Å². The second-order valence-electron chi connectivity index (χ2n) is 1.88. The quantitative estimate of drug-likeness (QED) is 0.675. The minimum Gasteiger partial charge on any atom is -0.310 e. The van der Waals surface area contributed by atoms with Crippen LogP contribution in [0.4, 0.5) is 0 Å². The van der Waals surface area contributed by atoms with E-state index in [2.05, 4.69) is 17.1 Å². The number of nitrogens with zero attached hydrogens (tertiary/aromatic N) is 2. The van der Waals surface area contributed by atoms with Crippen LogP contribution in [0.25, 0.3) is 6.08 Å². The highest BCUT2D eigenvalue weighted by molar-refractivity contribution is 5.41. The van der Waals surface area contributed by atoms with E-state index in [0.29, 0.717) is 0 Å². The van der Waals surface area contributed by atoms with Crippen molar-refractivity contribution in [3.8, 4) is 0 Å². The summed E-state index contributed by atoms with van der Waals surface area (Å²) in [5.74, 6) is 0. The highest BCUT2D eigenvalue weighted by Crippen LogP contribution is 1.96.